The molecule has 0 atom stereocenters. The van der Waals surface area contributed by atoms with Gasteiger partial charge in [-0.25, -0.2) is 4.98 Å². The van der Waals surface area contributed by atoms with Gasteiger partial charge in [0, 0.05) is 22.4 Å². The number of rotatable bonds is 1. The maximum absolute atomic E-state index is 11.3. The van der Waals surface area contributed by atoms with Gasteiger partial charge in [-0.05, 0) is 35.0 Å². The minimum absolute atomic E-state index is 0.171. The number of pyridine rings is 1. The topological polar surface area (TPSA) is 58.6 Å². The lowest BCUT2D eigenvalue weighted by molar-refractivity contribution is 1.05. The maximum atomic E-state index is 11.3. The number of aryl methyl sites for hydroxylation is 1. The largest absolute Gasteiger partial charge is 0.305 e. The smallest absolute Gasteiger partial charge is 0.251 e. The fourth-order valence-electron chi connectivity index (χ4n) is 1.25. The zero-order chi connectivity index (χ0) is 10.8. The monoisotopic (exact) mass is 265 g/mol. The summed E-state index contributed by atoms with van der Waals surface area (Å²) in [5, 5.41) is 0. The highest BCUT2D eigenvalue weighted by Crippen LogP contribution is 2.21. The van der Waals surface area contributed by atoms with Crippen molar-refractivity contribution in [1.82, 2.24) is 15.0 Å². The third-order valence-electron chi connectivity index (χ3n) is 1.85. The summed E-state index contributed by atoms with van der Waals surface area (Å²) in [5.74, 6) is 0.479. The first-order chi connectivity index (χ1) is 7.16. The predicted molar refractivity (Wildman–Crippen MR) is 60.5 cm³/mol. The van der Waals surface area contributed by atoms with Crippen LogP contribution in [0.5, 0.6) is 0 Å². The van der Waals surface area contributed by atoms with Crippen LogP contribution in [-0.4, -0.2) is 15.0 Å². The number of hydrogen-bond donors (Lipinski definition) is 1. The molecule has 0 radical (unpaired) electrons. The second-order valence-electron chi connectivity index (χ2n) is 3.07. The Hall–Kier alpha value is -1.49. The van der Waals surface area contributed by atoms with Crippen molar-refractivity contribution < 1.29 is 0 Å². The lowest BCUT2D eigenvalue weighted by Crippen LogP contribution is -2.09. The molecule has 2 heterocycles. The summed E-state index contributed by atoms with van der Waals surface area (Å²) in [4.78, 5) is 22.3. The molecule has 0 aliphatic rings. The molecular weight excluding hydrogens is 258 g/mol. The van der Waals surface area contributed by atoms with Crippen molar-refractivity contribution in [2.75, 3.05) is 0 Å². The highest BCUT2D eigenvalue weighted by atomic mass is 79.9. The molecule has 0 fully saturated rings. The van der Waals surface area contributed by atoms with E-state index in [0.717, 1.165) is 4.47 Å². The standard InChI is InChI=1S/C10H8BrN3O/c1-6-5-8(15)14-10(13-6)9-7(11)3-2-4-12-9/h2-5H,1H3,(H,13,14,15). The minimum Gasteiger partial charge on any atom is -0.305 e. The van der Waals surface area contributed by atoms with Crippen molar-refractivity contribution in [2.24, 2.45) is 0 Å². The van der Waals surface area contributed by atoms with Crippen molar-refractivity contribution in [1.29, 1.82) is 0 Å². The van der Waals surface area contributed by atoms with E-state index in [1.165, 1.54) is 6.07 Å². The van der Waals surface area contributed by atoms with Crippen LogP contribution in [0.3, 0.4) is 0 Å². The molecule has 5 heteroatoms. The van der Waals surface area contributed by atoms with E-state index in [9.17, 15) is 4.79 Å². The van der Waals surface area contributed by atoms with Crippen LogP contribution < -0.4 is 5.56 Å². The Bertz CT molecular complexity index is 550. The summed E-state index contributed by atoms with van der Waals surface area (Å²) in [6.07, 6.45) is 1.66. The van der Waals surface area contributed by atoms with Crippen LogP contribution in [0.2, 0.25) is 0 Å². The minimum atomic E-state index is -0.171. The number of hydrogen-bond acceptors (Lipinski definition) is 3. The number of aromatic nitrogens is 3. The molecule has 0 aromatic carbocycles. The molecule has 0 bridgehead atoms. The summed E-state index contributed by atoms with van der Waals surface area (Å²) >= 11 is 3.36. The third kappa shape index (κ3) is 2.12. The summed E-state index contributed by atoms with van der Waals surface area (Å²) in [6.45, 7) is 1.77. The normalized spacial score (nSPS) is 10.3. The number of nitrogens with zero attached hydrogens (tertiary/aromatic N) is 2. The van der Waals surface area contributed by atoms with Crippen LogP contribution in [-0.2, 0) is 0 Å². The average molecular weight is 266 g/mol. The zero-order valence-electron chi connectivity index (χ0n) is 7.99. The third-order valence-corrected chi connectivity index (χ3v) is 2.49. The van der Waals surface area contributed by atoms with Gasteiger partial charge in [0.05, 0.1) is 0 Å². The number of aromatic amines is 1. The second kappa shape index (κ2) is 3.94. The molecule has 2 aromatic rings. The Morgan fingerprint density at radius 1 is 1.47 bits per heavy atom. The van der Waals surface area contributed by atoms with Crippen LogP contribution in [0.4, 0.5) is 0 Å². The Morgan fingerprint density at radius 2 is 2.27 bits per heavy atom. The first kappa shape index (κ1) is 10.0. The number of halogens is 1. The molecular formula is C10H8BrN3O. The van der Waals surface area contributed by atoms with Gasteiger partial charge < -0.3 is 4.98 Å². The van der Waals surface area contributed by atoms with Gasteiger partial charge in [0.25, 0.3) is 5.56 Å². The van der Waals surface area contributed by atoms with Gasteiger partial charge in [-0.2, -0.15) is 0 Å². The summed E-state index contributed by atoms with van der Waals surface area (Å²) in [6, 6.07) is 5.10. The lowest BCUT2D eigenvalue weighted by Gasteiger charge is -2.02. The van der Waals surface area contributed by atoms with Gasteiger partial charge in [-0.15, -0.1) is 0 Å². The van der Waals surface area contributed by atoms with E-state index in [4.69, 9.17) is 0 Å². The van der Waals surface area contributed by atoms with E-state index in [2.05, 4.69) is 30.9 Å². The molecule has 0 spiro atoms. The van der Waals surface area contributed by atoms with Gasteiger partial charge >= 0.3 is 0 Å². The van der Waals surface area contributed by atoms with Crippen molar-refractivity contribution in [3.63, 3.8) is 0 Å². The molecule has 0 saturated heterocycles. The van der Waals surface area contributed by atoms with Crippen LogP contribution in [0.25, 0.3) is 11.5 Å². The fraction of sp³-hybridized carbons (Fsp3) is 0.100. The molecule has 2 aromatic heterocycles. The molecule has 0 unspecified atom stereocenters. The molecule has 0 saturated carbocycles. The van der Waals surface area contributed by atoms with Crippen LogP contribution in [0, 0.1) is 6.92 Å². The first-order valence-corrected chi connectivity index (χ1v) is 5.15. The first-order valence-electron chi connectivity index (χ1n) is 4.35. The van der Waals surface area contributed by atoms with Gasteiger partial charge in [0.15, 0.2) is 5.82 Å². The second-order valence-corrected chi connectivity index (χ2v) is 3.92. The summed E-state index contributed by atoms with van der Waals surface area (Å²) < 4.78 is 0.804. The average Bonchev–Trinajstić information content (AvgIpc) is 2.16. The van der Waals surface area contributed by atoms with Crippen molar-refractivity contribution in [2.45, 2.75) is 6.92 Å². The van der Waals surface area contributed by atoms with Crippen LogP contribution >= 0.6 is 15.9 Å². The van der Waals surface area contributed by atoms with E-state index in [1.54, 1.807) is 13.1 Å². The van der Waals surface area contributed by atoms with E-state index in [-0.39, 0.29) is 5.56 Å². The van der Waals surface area contributed by atoms with Crippen molar-refractivity contribution in [3.8, 4) is 11.5 Å². The Kier molecular flexibility index (Phi) is 2.64. The molecule has 0 aliphatic carbocycles. The molecule has 15 heavy (non-hydrogen) atoms. The highest BCUT2D eigenvalue weighted by molar-refractivity contribution is 9.10. The maximum Gasteiger partial charge on any atom is 0.251 e. The number of nitrogens with one attached hydrogen (secondary N) is 1. The molecule has 4 nitrogen and oxygen atoms in total. The molecule has 2 rings (SSSR count). The van der Waals surface area contributed by atoms with E-state index >= 15 is 0 Å². The molecule has 0 amide bonds. The quantitative estimate of drug-likeness (QED) is 0.857. The van der Waals surface area contributed by atoms with E-state index in [1.807, 2.05) is 12.1 Å². The van der Waals surface area contributed by atoms with Crippen molar-refractivity contribution in [3.05, 3.63) is 44.9 Å². The molecule has 1 N–H and O–H groups in total. The highest BCUT2D eigenvalue weighted by Gasteiger charge is 2.06. The predicted octanol–water partition coefficient (Wildman–Crippen LogP) is 1.90. The van der Waals surface area contributed by atoms with Crippen molar-refractivity contribution >= 4 is 15.9 Å². The zero-order valence-corrected chi connectivity index (χ0v) is 9.58. The summed E-state index contributed by atoms with van der Waals surface area (Å²) in [7, 11) is 0. The van der Waals surface area contributed by atoms with E-state index < -0.39 is 0 Å². The lowest BCUT2D eigenvalue weighted by atomic mass is 10.3. The van der Waals surface area contributed by atoms with Gasteiger partial charge in [-0.1, -0.05) is 0 Å². The Balaban J connectivity index is 2.64. The van der Waals surface area contributed by atoms with Crippen LogP contribution in [0.1, 0.15) is 5.69 Å². The SMILES string of the molecule is Cc1cc(=O)[nH]c(-c2ncccc2Br)n1. The van der Waals surface area contributed by atoms with Crippen LogP contribution in [0.15, 0.2) is 33.7 Å². The van der Waals surface area contributed by atoms with Gasteiger partial charge in [-0.3, -0.25) is 9.78 Å². The van der Waals surface area contributed by atoms with Gasteiger partial charge in [0.2, 0.25) is 0 Å². The van der Waals surface area contributed by atoms with Gasteiger partial charge in [0.1, 0.15) is 5.69 Å². The molecule has 76 valence electrons. The fourth-order valence-corrected chi connectivity index (χ4v) is 1.69. The summed E-state index contributed by atoms with van der Waals surface area (Å²) in [5.41, 5.74) is 1.14. The number of H-pyrrole nitrogens is 1. The van der Waals surface area contributed by atoms with E-state index in [0.29, 0.717) is 17.2 Å². The molecule has 0 aliphatic heterocycles. The Labute approximate surface area is 94.5 Å². The Morgan fingerprint density at radius 3 is 2.93 bits per heavy atom.